The lowest BCUT2D eigenvalue weighted by Crippen LogP contribution is -2.25. The zero-order valence-electron chi connectivity index (χ0n) is 18.6. The number of nitrogens with one attached hydrogen (secondary N) is 2. The number of fused-ring (bicyclic) bond motifs is 1. The molecule has 0 unspecified atom stereocenters. The van der Waals surface area contributed by atoms with E-state index in [0.29, 0.717) is 52.1 Å². The molecule has 2 aliphatic carbocycles. The van der Waals surface area contributed by atoms with Gasteiger partial charge in [0, 0.05) is 30.5 Å². The van der Waals surface area contributed by atoms with Crippen LogP contribution in [0.15, 0.2) is 71.2 Å². The second-order valence-corrected chi connectivity index (χ2v) is 8.13. The Hall–Kier alpha value is -4.00. The molecule has 166 valence electrons. The third kappa shape index (κ3) is 3.98. The first kappa shape index (κ1) is 20.9. The highest BCUT2D eigenvalue weighted by Gasteiger charge is 2.24. The number of hydrogen-bond acceptors (Lipinski definition) is 6. The van der Waals surface area contributed by atoms with Crippen molar-refractivity contribution in [2.75, 3.05) is 13.7 Å². The standard InChI is InChI=1S/C26H25N5O2/c1-3-33-23-13-12-22-25(30-23)31(20-9-6-17(7-10-20)16-4-5-16)26(32)24(29-22)18-8-11-21(27)19(14-18)15-28-2/h6-16,27-28H,3-5H2,1-2H3/b19-15-,27-21?. The number of rotatable bonds is 6. The maximum absolute atomic E-state index is 13.8. The van der Waals surface area contributed by atoms with Crippen LogP contribution in [-0.2, 0) is 0 Å². The third-order valence-corrected chi connectivity index (χ3v) is 5.80. The third-order valence-electron chi connectivity index (χ3n) is 5.80. The number of aromatic nitrogens is 3. The molecule has 7 heteroatoms. The average molecular weight is 440 g/mol. The Balaban J connectivity index is 1.73. The van der Waals surface area contributed by atoms with Gasteiger partial charge in [-0.3, -0.25) is 9.36 Å². The van der Waals surface area contributed by atoms with Crippen molar-refractivity contribution in [1.82, 2.24) is 19.9 Å². The minimum atomic E-state index is -0.268. The van der Waals surface area contributed by atoms with E-state index >= 15 is 0 Å². The van der Waals surface area contributed by atoms with Crippen molar-refractivity contribution in [3.63, 3.8) is 0 Å². The van der Waals surface area contributed by atoms with E-state index in [9.17, 15) is 4.79 Å². The summed E-state index contributed by atoms with van der Waals surface area (Å²) in [5, 5.41) is 11.1. The largest absolute Gasteiger partial charge is 0.478 e. The van der Waals surface area contributed by atoms with Gasteiger partial charge in [0.15, 0.2) is 5.65 Å². The van der Waals surface area contributed by atoms with Crippen LogP contribution in [0, 0.1) is 5.41 Å². The van der Waals surface area contributed by atoms with Gasteiger partial charge in [0.1, 0.15) is 11.2 Å². The normalized spacial score (nSPS) is 16.8. The Morgan fingerprint density at radius 2 is 1.94 bits per heavy atom. The van der Waals surface area contributed by atoms with Crippen LogP contribution < -0.4 is 15.6 Å². The van der Waals surface area contributed by atoms with Crippen molar-refractivity contribution in [2.45, 2.75) is 25.7 Å². The Labute approximate surface area is 191 Å². The van der Waals surface area contributed by atoms with E-state index in [1.54, 1.807) is 42.1 Å². The highest BCUT2D eigenvalue weighted by Crippen LogP contribution is 2.40. The number of pyridine rings is 1. The summed E-state index contributed by atoms with van der Waals surface area (Å²) in [4.78, 5) is 23.1. The topological polar surface area (TPSA) is 92.9 Å². The summed E-state index contributed by atoms with van der Waals surface area (Å²) >= 11 is 0. The molecule has 33 heavy (non-hydrogen) atoms. The SMILES string of the molecule is CCOc1ccc2nc(C3=C/C(=C/NC)C(=N)C=C3)c(=O)n(-c3ccc(C4CC4)cc3)c2n1. The molecule has 2 N–H and O–H groups in total. The molecule has 0 saturated heterocycles. The van der Waals surface area contributed by atoms with Gasteiger partial charge in [0.2, 0.25) is 5.88 Å². The molecule has 0 radical (unpaired) electrons. The van der Waals surface area contributed by atoms with Crippen molar-refractivity contribution in [3.8, 4) is 11.6 Å². The fraction of sp³-hybridized carbons (Fsp3) is 0.231. The summed E-state index contributed by atoms with van der Waals surface area (Å²) < 4.78 is 7.19. The molecule has 0 amide bonds. The molecule has 2 heterocycles. The van der Waals surface area contributed by atoms with E-state index in [1.165, 1.54) is 18.4 Å². The molecular weight excluding hydrogens is 414 g/mol. The number of benzene rings is 1. The van der Waals surface area contributed by atoms with E-state index in [2.05, 4.69) is 27.4 Å². The number of ether oxygens (including phenoxy) is 1. The highest BCUT2D eigenvalue weighted by molar-refractivity contribution is 6.12. The Bertz CT molecular complexity index is 1390. The lowest BCUT2D eigenvalue weighted by Gasteiger charge is -2.15. The van der Waals surface area contributed by atoms with Gasteiger partial charge in [-0.15, -0.1) is 0 Å². The summed E-state index contributed by atoms with van der Waals surface area (Å²) in [6, 6.07) is 11.7. The second-order valence-electron chi connectivity index (χ2n) is 8.13. The van der Waals surface area contributed by atoms with Crippen LogP contribution in [0.2, 0.25) is 0 Å². The van der Waals surface area contributed by atoms with E-state index in [1.807, 2.05) is 25.1 Å². The summed E-state index contributed by atoms with van der Waals surface area (Å²) in [5.74, 6) is 1.08. The first-order valence-corrected chi connectivity index (χ1v) is 11.1. The van der Waals surface area contributed by atoms with Gasteiger partial charge in [0.25, 0.3) is 5.56 Å². The quantitative estimate of drug-likeness (QED) is 0.602. The van der Waals surface area contributed by atoms with Crippen molar-refractivity contribution in [3.05, 3.63) is 88.0 Å². The van der Waals surface area contributed by atoms with Gasteiger partial charge in [-0.1, -0.05) is 18.2 Å². The van der Waals surface area contributed by atoms with Crippen LogP contribution in [0.3, 0.4) is 0 Å². The highest BCUT2D eigenvalue weighted by atomic mass is 16.5. The Morgan fingerprint density at radius 1 is 1.15 bits per heavy atom. The number of nitrogens with zero attached hydrogens (tertiary/aromatic N) is 3. The van der Waals surface area contributed by atoms with Gasteiger partial charge >= 0.3 is 0 Å². The van der Waals surface area contributed by atoms with Crippen LogP contribution >= 0.6 is 0 Å². The molecule has 7 nitrogen and oxygen atoms in total. The lowest BCUT2D eigenvalue weighted by atomic mass is 9.98. The summed E-state index contributed by atoms with van der Waals surface area (Å²) in [5.41, 5.74) is 4.82. The smallest absolute Gasteiger partial charge is 0.283 e. The van der Waals surface area contributed by atoms with Gasteiger partial charge in [-0.2, -0.15) is 4.98 Å². The molecule has 1 fully saturated rings. The Kier molecular flexibility index (Phi) is 5.38. The van der Waals surface area contributed by atoms with Crippen LogP contribution in [-0.4, -0.2) is 33.9 Å². The van der Waals surface area contributed by atoms with Gasteiger partial charge in [-0.05, 0) is 61.6 Å². The monoisotopic (exact) mass is 439 g/mol. The van der Waals surface area contributed by atoms with E-state index in [4.69, 9.17) is 10.1 Å². The first-order chi connectivity index (χ1) is 16.1. The fourth-order valence-electron chi connectivity index (χ4n) is 4.00. The minimum absolute atomic E-state index is 0.268. The van der Waals surface area contributed by atoms with Gasteiger partial charge < -0.3 is 15.5 Å². The zero-order valence-corrected chi connectivity index (χ0v) is 18.6. The molecule has 0 aliphatic heterocycles. The van der Waals surface area contributed by atoms with Crippen molar-refractivity contribution < 1.29 is 4.74 Å². The number of allylic oxidation sites excluding steroid dienone is 5. The van der Waals surface area contributed by atoms with E-state index < -0.39 is 0 Å². The second kappa shape index (κ2) is 8.50. The van der Waals surface area contributed by atoms with Crippen LogP contribution in [0.4, 0.5) is 0 Å². The summed E-state index contributed by atoms with van der Waals surface area (Å²) in [7, 11) is 1.78. The van der Waals surface area contributed by atoms with Gasteiger partial charge in [-0.25, -0.2) is 4.98 Å². The molecule has 2 aliphatic rings. The van der Waals surface area contributed by atoms with Crippen molar-refractivity contribution in [1.29, 1.82) is 5.41 Å². The van der Waals surface area contributed by atoms with Crippen molar-refractivity contribution in [2.24, 2.45) is 0 Å². The summed E-state index contributed by atoms with van der Waals surface area (Å²) in [6.45, 7) is 2.38. The molecule has 2 aromatic heterocycles. The zero-order chi connectivity index (χ0) is 22.9. The molecule has 0 spiro atoms. The molecule has 0 atom stereocenters. The molecule has 1 aromatic carbocycles. The maximum Gasteiger partial charge on any atom is 0.283 e. The van der Waals surface area contributed by atoms with E-state index in [-0.39, 0.29) is 5.56 Å². The maximum atomic E-state index is 13.8. The van der Waals surface area contributed by atoms with Crippen LogP contribution in [0.25, 0.3) is 22.4 Å². The molecular formula is C26H25N5O2. The molecule has 3 aromatic rings. The van der Waals surface area contributed by atoms with Crippen molar-refractivity contribution >= 4 is 22.4 Å². The molecule has 5 rings (SSSR count). The fourth-order valence-corrected chi connectivity index (χ4v) is 4.00. The predicted octanol–water partition coefficient (Wildman–Crippen LogP) is 4.13. The Morgan fingerprint density at radius 3 is 2.64 bits per heavy atom. The summed E-state index contributed by atoms with van der Waals surface area (Å²) in [6.07, 6.45) is 9.41. The minimum Gasteiger partial charge on any atom is -0.478 e. The van der Waals surface area contributed by atoms with Gasteiger partial charge in [0.05, 0.1) is 18.0 Å². The molecule has 1 saturated carbocycles. The first-order valence-electron chi connectivity index (χ1n) is 11.1. The van der Waals surface area contributed by atoms with Crippen LogP contribution in [0.1, 0.15) is 36.9 Å². The van der Waals surface area contributed by atoms with E-state index in [0.717, 1.165) is 5.69 Å². The molecule has 0 bridgehead atoms. The van der Waals surface area contributed by atoms with Crippen LogP contribution in [0.5, 0.6) is 5.88 Å². The number of hydrogen-bond donors (Lipinski definition) is 2. The average Bonchev–Trinajstić information content (AvgIpc) is 3.67. The lowest BCUT2D eigenvalue weighted by molar-refractivity contribution is 0.328. The predicted molar refractivity (Wildman–Crippen MR) is 130 cm³/mol.